The Kier molecular flexibility index (Phi) is 4.26. The average molecular weight is 290 g/mol. The van der Waals surface area contributed by atoms with Gasteiger partial charge in [0.05, 0.1) is 6.54 Å². The summed E-state index contributed by atoms with van der Waals surface area (Å²) in [6.07, 6.45) is 0.293. The topological polar surface area (TPSA) is 77.9 Å². The van der Waals surface area contributed by atoms with Crippen LogP contribution in [0.3, 0.4) is 0 Å². The standard InChI is InChI=1S/C15H18N2O4/c1-10(18)16(2)9-14(19)17-8-12-6-4-3-5-11(12)7-13(17)15(20)21/h3-6,13H,7-9H2,1-2H3,(H,20,21). The zero-order valence-corrected chi connectivity index (χ0v) is 12.1. The Morgan fingerprint density at radius 2 is 1.90 bits per heavy atom. The highest BCUT2D eigenvalue weighted by molar-refractivity contribution is 5.88. The first-order chi connectivity index (χ1) is 9.90. The number of hydrogen-bond donors (Lipinski definition) is 1. The molecule has 6 nitrogen and oxygen atoms in total. The molecule has 0 radical (unpaired) electrons. The van der Waals surface area contributed by atoms with E-state index in [4.69, 9.17) is 0 Å². The van der Waals surface area contributed by atoms with Gasteiger partial charge in [0.1, 0.15) is 6.04 Å². The number of fused-ring (bicyclic) bond motifs is 1. The van der Waals surface area contributed by atoms with E-state index < -0.39 is 12.0 Å². The second-order valence-electron chi connectivity index (χ2n) is 5.22. The number of carbonyl (C=O) groups excluding carboxylic acids is 2. The van der Waals surface area contributed by atoms with Crippen LogP contribution in [0.15, 0.2) is 24.3 Å². The summed E-state index contributed by atoms with van der Waals surface area (Å²) < 4.78 is 0. The minimum absolute atomic E-state index is 0.110. The van der Waals surface area contributed by atoms with Crippen LogP contribution < -0.4 is 0 Å². The fourth-order valence-corrected chi connectivity index (χ4v) is 2.41. The molecule has 1 atom stereocenters. The summed E-state index contributed by atoms with van der Waals surface area (Å²) in [4.78, 5) is 37.6. The fourth-order valence-electron chi connectivity index (χ4n) is 2.41. The molecule has 1 aromatic rings. The highest BCUT2D eigenvalue weighted by Gasteiger charge is 2.34. The summed E-state index contributed by atoms with van der Waals surface area (Å²) in [5.74, 6) is -1.61. The van der Waals surface area contributed by atoms with E-state index in [1.165, 1.54) is 23.8 Å². The average Bonchev–Trinajstić information content (AvgIpc) is 2.45. The van der Waals surface area contributed by atoms with E-state index in [-0.39, 0.29) is 24.9 Å². The molecule has 1 aromatic carbocycles. The first-order valence-electron chi connectivity index (χ1n) is 6.71. The van der Waals surface area contributed by atoms with E-state index in [9.17, 15) is 19.5 Å². The van der Waals surface area contributed by atoms with Gasteiger partial charge in [-0.25, -0.2) is 4.79 Å². The molecule has 1 unspecified atom stereocenters. The zero-order valence-electron chi connectivity index (χ0n) is 12.1. The van der Waals surface area contributed by atoms with Crippen LogP contribution >= 0.6 is 0 Å². The van der Waals surface area contributed by atoms with Crippen molar-refractivity contribution >= 4 is 17.8 Å². The van der Waals surface area contributed by atoms with Gasteiger partial charge in [-0.05, 0) is 11.1 Å². The Bertz CT molecular complexity index is 585. The minimum Gasteiger partial charge on any atom is -0.480 e. The molecule has 0 spiro atoms. The third kappa shape index (κ3) is 3.21. The van der Waals surface area contributed by atoms with E-state index in [2.05, 4.69) is 0 Å². The first kappa shape index (κ1) is 15.0. The second-order valence-corrected chi connectivity index (χ2v) is 5.22. The van der Waals surface area contributed by atoms with Gasteiger partial charge in [0, 0.05) is 26.9 Å². The van der Waals surface area contributed by atoms with Gasteiger partial charge in [0.2, 0.25) is 11.8 Å². The molecule has 0 bridgehead atoms. The van der Waals surface area contributed by atoms with Crippen molar-refractivity contribution in [1.29, 1.82) is 0 Å². The van der Waals surface area contributed by atoms with E-state index in [0.717, 1.165) is 11.1 Å². The van der Waals surface area contributed by atoms with Gasteiger partial charge in [-0.2, -0.15) is 0 Å². The summed E-state index contributed by atoms with van der Waals surface area (Å²) in [7, 11) is 1.52. The molecule has 2 rings (SSSR count). The Balaban J connectivity index is 2.22. The highest BCUT2D eigenvalue weighted by Crippen LogP contribution is 2.23. The molecule has 0 saturated heterocycles. The number of carboxylic acid groups (broad SMARTS) is 1. The monoisotopic (exact) mass is 290 g/mol. The zero-order chi connectivity index (χ0) is 15.6. The number of amides is 2. The van der Waals surface area contributed by atoms with Gasteiger partial charge in [0.25, 0.3) is 0 Å². The number of carboxylic acids is 1. The molecule has 6 heteroatoms. The molecular weight excluding hydrogens is 272 g/mol. The molecule has 1 heterocycles. The Morgan fingerprint density at radius 1 is 1.29 bits per heavy atom. The Labute approximate surface area is 123 Å². The molecular formula is C15H18N2O4. The van der Waals surface area contributed by atoms with Crippen LogP contribution in [0, 0.1) is 0 Å². The first-order valence-corrected chi connectivity index (χ1v) is 6.71. The number of rotatable bonds is 3. The van der Waals surface area contributed by atoms with Crippen LogP contribution in [0.5, 0.6) is 0 Å². The lowest BCUT2D eigenvalue weighted by atomic mass is 9.94. The lowest BCUT2D eigenvalue weighted by Crippen LogP contribution is -2.51. The molecule has 1 N–H and O–H groups in total. The second kappa shape index (κ2) is 5.95. The third-order valence-corrected chi connectivity index (χ3v) is 3.76. The number of carbonyl (C=O) groups is 3. The minimum atomic E-state index is -1.02. The maximum atomic E-state index is 12.3. The van der Waals surface area contributed by atoms with E-state index in [1.54, 1.807) is 0 Å². The van der Waals surface area contributed by atoms with Gasteiger partial charge in [-0.3, -0.25) is 9.59 Å². The maximum Gasteiger partial charge on any atom is 0.326 e. The number of nitrogens with zero attached hydrogens (tertiary/aromatic N) is 2. The molecule has 21 heavy (non-hydrogen) atoms. The largest absolute Gasteiger partial charge is 0.480 e. The van der Waals surface area contributed by atoms with E-state index in [0.29, 0.717) is 6.42 Å². The van der Waals surface area contributed by atoms with Crippen LogP contribution in [0.25, 0.3) is 0 Å². The lowest BCUT2D eigenvalue weighted by Gasteiger charge is -2.35. The van der Waals surface area contributed by atoms with Crippen LogP contribution in [0.2, 0.25) is 0 Å². The van der Waals surface area contributed by atoms with Crippen molar-refractivity contribution in [1.82, 2.24) is 9.80 Å². The summed E-state index contributed by atoms with van der Waals surface area (Å²) in [6.45, 7) is 1.52. The third-order valence-electron chi connectivity index (χ3n) is 3.76. The van der Waals surface area contributed by atoms with Gasteiger partial charge in [-0.15, -0.1) is 0 Å². The van der Waals surface area contributed by atoms with Crippen molar-refractivity contribution in [2.45, 2.75) is 25.9 Å². The summed E-state index contributed by atoms with van der Waals surface area (Å²) >= 11 is 0. The molecule has 0 saturated carbocycles. The number of aliphatic carboxylic acids is 1. The van der Waals surface area contributed by atoms with E-state index >= 15 is 0 Å². The van der Waals surface area contributed by atoms with Gasteiger partial charge in [-0.1, -0.05) is 24.3 Å². The molecule has 1 aliphatic rings. The predicted molar refractivity (Wildman–Crippen MR) is 75.4 cm³/mol. The van der Waals surface area contributed by atoms with Gasteiger partial charge in [0.15, 0.2) is 0 Å². The summed E-state index contributed by atoms with van der Waals surface area (Å²) in [6, 6.07) is 6.62. The SMILES string of the molecule is CC(=O)N(C)CC(=O)N1Cc2ccccc2CC1C(=O)O. The molecule has 0 aliphatic carbocycles. The van der Waals surface area contributed by atoms with Gasteiger partial charge < -0.3 is 14.9 Å². The number of benzene rings is 1. The van der Waals surface area contributed by atoms with Crippen molar-refractivity contribution in [2.24, 2.45) is 0 Å². The van der Waals surface area contributed by atoms with Gasteiger partial charge >= 0.3 is 5.97 Å². The molecule has 0 fully saturated rings. The Hall–Kier alpha value is -2.37. The molecule has 1 aliphatic heterocycles. The van der Waals surface area contributed by atoms with Crippen molar-refractivity contribution in [3.05, 3.63) is 35.4 Å². The van der Waals surface area contributed by atoms with Crippen LogP contribution in [0.1, 0.15) is 18.1 Å². The molecule has 112 valence electrons. The molecule has 0 aromatic heterocycles. The predicted octanol–water partition coefficient (Wildman–Crippen LogP) is 0.503. The number of likely N-dealkylation sites (N-methyl/N-ethyl adjacent to an activating group) is 1. The summed E-state index contributed by atoms with van der Waals surface area (Å²) in [5.41, 5.74) is 1.91. The van der Waals surface area contributed by atoms with E-state index in [1.807, 2.05) is 24.3 Å². The van der Waals surface area contributed by atoms with Crippen LogP contribution in [-0.2, 0) is 27.3 Å². The summed E-state index contributed by atoms with van der Waals surface area (Å²) in [5, 5.41) is 9.35. The molecule has 2 amide bonds. The van der Waals surface area contributed by atoms with Crippen molar-refractivity contribution in [3.63, 3.8) is 0 Å². The van der Waals surface area contributed by atoms with Crippen molar-refractivity contribution in [2.75, 3.05) is 13.6 Å². The fraction of sp³-hybridized carbons (Fsp3) is 0.400. The highest BCUT2D eigenvalue weighted by atomic mass is 16.4. The normalized spacial score (nSPS) is 17.0. The Morgan fingerprint density at radius 3 is 2.48 bits per heavy atom. The van der Waals surface area contributed by atoms with Crippen LogP contribution in [-0.4, -0.2) is 52.3 Å². The lowest BCUT2D eigenvalue weighted by molar-refractivity contribution is -0.152. The smallest absolute Gasteiger partial charge is 0.326 e. The number of hydrogen-bond acceptors (Lipinski definition) is 3. The maximum absolute atomic E-state index is 12.3. The van der Waals surface area contributed by atoms with Crippen LogP contribution in [0.4, 0.5) is 0 Å². The van der Waals surface area contributed by atoms with Crippen molar-refractivity contribution in [3.8, 4) is 0 Å². The van der Waals surface area contributed by atoms with Crippen molar-refractivity contribution < 1.29 is 19.5 Å². The quantitative estimate of drug-likeness (QED) is 0.879.